The van der Waals surface area contributed by atoms with Gasteiger partial charge in [-0.05, 0) is 25.2 Å². The van der Waals surface area contributed by atoms with Crippen molar-refractivity contribution >= 4 is 39.2 Å². The number of carbonyl (C=O) groups excluding carboxylic acids is 1. The summed E-state index contributed by atoms with van der Waals surface area (Å²) in [5, 5.41) is 12.6. The van der Waals surface area contributed by atoms with Gasteiger partial charge in [0.25, 0.3) is 0 Å². The van der Waals surface area contributed by atoms with E-state index in [4.69, 9.17) is 0 Å². The third-order valence-electron chi connectivity index (χ3n) is 7.06. The number of likely N-dealkylation sites (N-methyl/N-ethyl adjacent to an activating group) is 1. The summed E-state index contributed by atoms with van der Waals surface area (Å²) in [6, 6.07) is 6.13. The Morgan fingerprint density at radius 2 is 1.68 bits per heavy atom. The molecule has 1 saturated heterocycles. The molecule has 0 spiro atoms. The molecule has 10 nitrogen and oxygen atoms in total. The van der Waals surface area contributed by atoms with Crippen LogP contribution in [-0.4, -0.2) is 74.2 Å². The summed E-state index contributed by atoms with van der Waals surface area (Å²) in [5.74, 6) is -0.0635. The van der Waals surface area contributed by atoms with Crippen molar-refractivity contribution in [3.8, 4) is 22.5 Å². The number of aromatic nitrogens is 6. The monoisotopic (exact) mass is 509 g/mol. The van der Waals surface area contributed by atoms with E-state index < -0.39 is 5.41 Å². The van der Waals surface area contributed by atoms with Crippen molar-refractivity contribution in [3.05, 3.63) is 49.2 Å². The molecule has 1 aliphatic heterocycles. The van der Waals surface area contributed by atoms with E-state index in [-0.39, 0.29) is 5.91 Å². The average Bonchev–Trinajstić information content (AvgIpc) is 3.52. The summed E-state index contributed by atoms with van der Waals surface area (Å²) in [5.41, 5.74) is 6.43. The molecule has 1 amide bonds. The number of hydrogen-bond donors (Lipinski definition) is 3. The van der Waals surface area contributed by atoms with E-state index in [1.54, 1.807) is 18.6 Å². The van der Waals surface area contributed by atoms with Crippen LogP contribution in [0.1, 0.15) is 20.8 Å². The molecule has 5 aromatic rings. The topological polar surface area (TPSA) is 119 Å². The Hall–Kier alpha value is -4.31. The lowest BCUT2D eigenvalue weighted by atomic mass is 9.95. The minimum atomic E-state index is -0.499. The van der Waals surface area contributed by atoms with Crippen LogP contribution < -0.4 is 10.2 Å². The van der Waals surface area contributed by atoms with E-state index in [2.05, 4.69) is 64.4 Å². The van der Waals surface area contributed by atoms with Crippen LogP contribution >= 0.6 is 0 Å². The third kappa shape index (κ3) is 4.47. The molecule has 6 rings (SSSR count). The van der Waals surface area contributed by atoms with Crippen molar-refractivity contribution < 1.29 is 4.79 Å². The fourth-order valence-electron chi connectivity index (χ4n) is 4.72. The first-order valence-electron chi connectivity index (χ1n) is 12.8. The number of H-pyrrole nitrogens is 2. The SMILES string of the molecule is CN1CCN(c2cncc3[nH]c(-c4[nH]nc5ncc(-c6cncc(NC(=O)C(C)(C)C)c6)cc45)cc23)CC1. The molecule has 1 fully saturated rings. The van der Waals surface area contributed by atoms with Crippen LogP contribution in [0.2, 0.25) is 0 Å². The average molecular weight is 510 g/mol. The highest BCUT2D eigenvalue weighted by Crippen LogP contribution is 2.34. The minimum Gasteiger partial charge on any atom is -0.367 e. The second kappa shape index (κ2) is 9.21. The minimum absolute atomic E-state index is 0.0635. The van der Waals surface area contributed by atoms with Gasteiger partial charge in [0.1, 0.15) is 0 Å². The van der Waals surface area contributed by atoms with E-state index in [9.17, 15) is 4.79 Å². The smallest absolute Gasteiger partial charge is 0.229 e. The Morgan fingerprint density at radius 1 is 0.921 bits per heavy atom. The number of hydrogen-bond acceptors (Lipinski definition) is 7. The quantitative estimate of drug-likeness (QED) is 0.330. The van der Waals surface area contributed by atoms with E-state index in [1.165, 1.54) is 0 Å². The zero-order chi connectivity index (χ0) is 26.4. The van der Waals surface area contributed by atoms with Crippen LogP contribution in [-0.2, 0) is 4.79 Å². The molecule has 5 aromatic heterocycles. The first kappa shape index (κ1) is 24.1. The van der Waals surface area contributed by atoms with Crippen LogP contribution in [0.15, 0.2) is 49.2 Å². The number of fused-ring (bicyclic) bond motifs is 2. The lowest BCUT2D eigenvalue weighted by Gasteiger charge is -2.34. The number of pyridine rings is 3. The predicted octanol–water partition coefficient (Wildman–Crippen LogP) is 4.30. The van der Waals surface area contributed by atoms with Gasteiger partial charge >= 0.3 is 0 Å². The van der Waals surface area contributed by atoms with E-state index >= 15 is 0 Å². The van der Waals surface area contributed by atoms with Crippen LogP contribution in [0.4, 0.5) is 11.4 Å². The van der Waals surface area contributed by atoms with Gasteiger partial charge < -0.3 is 20.1 Å². The number of anilines is 2. The van der Waals surface area contributed by atoms with E-state index in [1.807, 2.05) is 39.2 Å². The van der Waals surface area contributed by atoms with Crippen LogP contribution in [0.25, 0.3) is 44.5 Å². The standard InChI is InChI=1S/C28H31N9O/c1-28(2,3)27(38)32-19-9-17(12-29-14-19)18-10-21-25(34-35-26(21)31-13-18)22-11-20-23(33-22)15-30-16-24(20)37-7-5-36(4)6-8-37/h9-16,33H,5-8H2,1-4H3,(H,32,38)(H,31,34,35). The highest BCUT2D eigenvalue weighted by Gasteiger charge is 2.22. The van der Waals surface area contributed by atoms with Crippen LogP contribution in [0, 0.1) is 5.41 Å². The fraction of sp³-hybridized carbons (Fsp3) is 0.321. The van der Waals surface area contributed by atoms with Gasteiger partial charge in [-0.3, -0.25) is 19.9 Å². The molecule has 0 radical (unpaired) electrons. The maximum Gasteiger partial charge on any atom is 0.229 e. The summed E-state index contributed by atoms with van der Waals surface area (Å²) < 4.78 is 0. The van der Waals surface area contributed by atoms with Gasteiger partial charge in [-0.25, -0.2) is 4.98 Å². The third-order valence-corrected chi connectivity index (χ3v) is 7.06. The molecule has 0 atom stereocenters. The van der Waals surface area contributed by atoms with Gasteiger partial charge in [0.05, 0.1) is 46.9 Å². The number of piperazine rings is 1. The second-order valence-corrected chi connectivity index (χ2v) is 11.0. The summed E-state index contributed by atoms with van der Waals surface area (Å²) in [6.07, 6.45) is 9.02. The molecule has 1 aliphatic rings. The van der Waals surface area contributed by atoms with Crippen molar-refractivity contribution in [2.45, 2.75) is 20.8 Å². The number of nitrogens with one attached hydrogen (secondary N) is 3. The molecule has 6 heterocycles. The molecule has 194 valence electrons. The Labute approximate surface area is 220 Å². The number of amides is 1. The summed E-state index contributed by atoms with van der Waals surface area (Å²) in [4.78, 5) is 34.2. The second-order valence-electron chi connectivity index (χ2n) is 11.0. The molecule has 10 heteroatoms. The molecule has 38 heavy (non-hydrogen) atoms. The molecule has 0 unspecified atom stereocenters. The Balaban J connectivity index is 1.35. The molecule has 0 aliphatic carbocycles. The van der Waals surface area contributed by atoms with Crippen molar-refractivity contribution in [1.82, 2.24) is 35.0 Å². The van der Waals surface area contributed by atoms with Gasteiger partial charge in [-0.15, -0.1) is 0 Å². The lowest BCUT2D eigenvalue weighted by molar-refractivity contribution is -0.123. The van der Waals surface area contributed by atoms with Gasteiger partial charge in [0.15, 0.2) is 5.65 Å². The molecule has 0 bridgehead atoms. The van der Waals surface area contributed by atoms with Gasteiger partial charge in [-0.2, -0.15) is 5.10 Å². The predicted molar refractivity (Wildman–Crippen MR) is 150 cm³/mol. The normalized spacial score (nSPS) is 14.9. The lowest BCUT2D eigenvalue weighted by Crippen LogP contribution is -2.44. The molecular weight excluding hydrogens is 478 g/mol. The van der Waals surface area contributed by atoms with Crippen LogP contribution in [0.5, 0.6) is 0 Å². The van der Waals surface area contributed by atoms with Crippen molar-refractivity contribution in [1.29, 1.82) is 0 Å². The Bertz CT molecular complexity index is 1640. The van der Waals surface area contributed by atoms with Gasteiger partial charge in [0, 0.05) is 65.9 Å². The Morgan fingerprint density at radius 3 is 2.47 bits per heavy atom. The maximum absolute atomic E-state index is 12.5. The zero-order valence-electron chi connectivity index (χ0n) is 22.0. The van der Waals surface area contributed by atoms with E-state index in [0.717, 1.165) is 70.7 Å². The van der Waals surface area contributed by atoms with Crippen molar-refractivity contribution in [2.24, 2.45) is 5.41 Å². The number of carbonyl (C=O) groups is 1. The van der Waals surface area contributed by atoms with Crippen molar-refractivity contribution in [2.75, 3.05) is 43.4 Å². The molecule has 3 N–H and O–H groups in total. The van der Waals surface area contributed by atoms with Crippen LogP contribution in [0.3, 0.4) is 0 Å². The summed E-state index contributed by atoms with van der Waals surface area (Å²) >= 11 is 0. The van der Waals surface area contributed by atoms with E-state index in [0.29, 0.717) is 11.3 Å². The zero-order valence-corrected chi connectivity index (χ0v) is 22.0. The van der Waals surface area contributed by atoms with Gasteiger partial charge in [0.2, 0.25) is 5.91 Å². The number of rotatable bonds is 4. The first-order valence-corrected chi connectivity index (χ1v) is 12.8. The largest absolute Gasteiger partial charge is 0.367 e. The van der Waals surface area contributed by atoms with Crippen molar-refractivity contribution in [3.63, 3.8) is 0 Å². The summed E-state index contributed by atoms with van der Waals surface area (Å²) in [6.45, 7) is 9.65. The highest BCUT2D eigenvalue weighted by atomic mass is 16.2. The number of nitrogens with zero attached hydrogens (tertiary/aromatic N) is 6. The molecule has 0 saturated carbocycles. The molecule has 0 aromatic carbocycles. The fourth-order valence-corrected chi connectivity index (χ4v) is 4.72. The maximum atomic E-state index is 12.5. The van der Waals surface area contributed by atoms with Gasteiger partial charge in [-0.1, -0.05) is 20.8 Å². The highest BCUT2D eigenvalue weighted by molar-refractivity contribution is 6.00. The molecular formula is C28H31N9O. The summed E-state index contributed by atoms with van der Waals surface area (Å²) in [7, 11) is 2.16. The first-order chi connectivity index (χ1) is 18.3. The Kier molecular flexibility index (Phi) is 5.83. The number of aromatic amines is 2.